The number of hydrogen-bond acceptors (Lipinski definition) is 3. The van der Waals surface area contributed by atoms with Crippen LogP contribution in [-0.4, -0.2) is 4.98 Å². The smallest absolute Gasteiger partial charge is 0.0840 e. The number of hydrogen-bond donors (Lipinski definition) is 1. The second-order valence-corrected chi connectivity index (χ2v) is 6.55. The zero-order chi connectivity index (χ0) is 13.7. The molecule has 0 bridgehead atoms. The van der Waals surface area contributed by atoms with Crippen molar-refractivity contribution < 1.29 is 0 Å². The normalized spacial score (nSPS) is 13.8. The van der Waals surface area contributed by atoms with Gasteiger partial charge in [-0.3, -0.25) is 4.98 Å². The van der Waals surface area contributed by atoms with Crippen molar-refractivity contribution in [3.63, 3.8) is 0 Å². The van der Waals surface area contributed by atoms with Crippen LogP contribution in [0, 0.1) is 6.92 Å². The van der Waals surface area contributed by atoms with Crippen LogP contribution in [0.15, 0.2) is 30.3 Å². The zero-order valence-corrected chi connectivity index (χ0v) is 12.3. The number of benzene rings is 1. The maximum Gasteiger partial charge on any atom is 0.0840 e. The molecule has 2 aromatic heterocycles. The van der Waals surface area contributed by atoms with Crippen LogP contribution >= 0.6 is 11.3 Å². The van der Waals surface area contributed by atoms with Crippen molar-refractivity contribution in [2.24, 2.45) is 0 Å². The molecule has 20 heavy (non-hydrogen) atoms. The van der Waals surface area contributed by atoms with Crippen molar-refractivity contribution in [3.05, 3.63) is 47.2 Å². The molecule has 100 valence electrons. The summed E-state index contributed by atoms with van der Waals surface area (Å²) in [5.41, 5.74) is 13.4. The monoisotopic (exact) mass is 280 g/mol. The lowest BCUT2D eigenvalue weighted by molar-refractivity contribution is 0.901. The molecule has 0 atom stereocenters. The van der Waals surface area contributed by atoms with E-state index in [-0.39, 0.29) is 0 Å². The molecule has 1 aromatic carbocycles. The molecule has 0 spiro atoms. The van der Waals surface area contributed by atoms with Crippen LogP contribution < -0.4 is 5.73 Å². The number of anilines is 1. The zero-order valence-electron chi connectivity index (χ0n) is 11.4. The molecule has 1 aliphatic rings. The molecule has 0 radical (unpaired) electrons. The summed E-state index contributed by atoms with van der Waals surface area (Å²) in [4.78, 5) is 6.06. The molecule has 0 unspecified atom stereocenters. The highest BCUT2D eigenvalue weighted by molar-refractivity contribution is 7.22. The van der Waals surface area contributed by atoms with E-state index < -0.39 is 0 Å². The first kappa shape index (κ1) is 11.9. The van der Waals surface area contributed by atoms with Crippen LogP contribution in [0.3, 0.4) is 0 Å². The largest absolute Gasteiger partial charge is 0.397 e. The van der Waals surface area contributed by atoms with Crippen molar-refractivity contribution >= 4 is 27.2 Å². The minimum absolute atomic E-state index is 0.964. The Morgan fingerprint density at radius 3 is 2.75 bits per heavy atom. The Bertz CT molecular complexity index is 800. The molecule has 0 amide bonds. The molecule has 3 aromatic rings. The van der Waals surface area contributed by atoms with Gasteiger partial charge in [-0.2, -0.15) is 0 Å². The van der Waals surface area contributed by atoms with Gasteiger partial charge in [-0.1, -0.05) is 29.8 Å². The number of fused-ring (bicyclic) bond motifs is 2. The van der Waals surface area contributed by atoms with E-state index in [1.54, 1.807) is 11.3 Å². The quantitative estimate of drug-likeness (QED) is 0.720. The minimum atomic E-state index is 0.964. The fraction of sp³-hybridized carbons (Fsp3) is 0.235. The first-order valence-electron chi connectivity index (χ1n) is 7.00. The molecular weight excluding hydrogens is 264 g/mol. The molecule has 0 saturated heterocycles. The lowest BCUT2D eigenvalue weighted by atomic mass is 10.1. The van der Waals surface area contributed by atoms with Crippen molar-refractivity contribution in [3.8, 4) is 10.4 Å². The average Bonchev–Trinajstić information content (AvgIpc) is 3.06. The second kappa shape index (κ2) is 4.32. The number of nitrogen functional groups attached to an aromatic ring is 1. The van der Waals surface area contributed by atoms with E-state index in [1.165, 1.54) is 33.7 Å². The number of nitrogens with zero attached hydrogens (tertiary/aromatic N) is 1. The van der Waals surface area contributed by atoms with Gasteiger partial charge in [0.2, 0.25) is 0 Å². The van der Waals surface area contributed by atoms with Crippen molar-refractivity contribution in [1.29, 1.82) is 0 Å². The number of pyridine rings is 1. The number of nitrogens with two attached hydrogens (primary N) is 1. The Morgan fingerprint density at radius 1 is 1.15 bits per heavy atom. The summed E-state index contributed by atoms with van der Waals surface area (Å²) >= 11 is 1.76. The molecule has 2 nitrogen and oxygen atoms in total. The summed E-state index contributed by atoms with van der Waals surface area (Å²) in [7, 11) is 0. The number of thiophene rings is 1. The summed E-state index contributed by atoms with van der Waals surface area (Å²) in [6.07, 6.45) is 3.35. The van der Waals surface area contributed by atoms with Crippen molar-refractivity contribution in [1.82, 2.24) is 4.98 Å². The van der Waals surface area contributed by atoms with E-state index in [4.69, 9.17) is 10.7 Å². The fourth-order valence-corrected chi connectivity index (χ4v) is 4.03. The molecule has 2 heterocycles. The summed E-state index contributed by atoms with van der Waals surface area (Å²) in [6, 6.07) is 10.8. The Labute approximate surface area is 122 Å². The highest BCUT2D eigenvalue weighted by atomic mass is 32.1. The number of aromatic nitrogens is 1. The topological polar surface area (TPSA) is 38.9 Å². The fourth-order valence-electron chi connectivity index (χ4n) is 2.94. The van der Waals surface area contributed by atoms with Crippen LogP contribution in [0.2, 0.25) is 0 Å². The van der Waals surface area contributed by atoms with Crippen LogP contribution in [0.5, 0.6) is 0 Å². The third-order valence-electron chi connectivity index (χ3n) is 4.06. The third kappa shape index (κ3) is 1.74. The summed E-state index contributed by atoms with van der Waals surface area (Å²) in [6.45, 7) is 2.11. The Morgan fingerprint density at radius 2 is 1.95 bits per heavy atom. The van der Waals surface area contributed by atoms with Gasteiger partial charge in [-0.25, -0.2) is 0 Å². The van der Waals surface area contributed by atoms with Gasteiger partial charge in [0, 0.05) is 10.6 Å². The predicted molar refractivity (Wildman–Crippen MR) is 86.2 cm³/mol. The van der Waals surface area contributed by atoms with E-state index in [1.807, 2.05) is 0 Å². The first-order valence-corrected chi connectivity index (χ1v) is 7.82. The lowest BCUT2D eigenvalue weighted by Gasteiger charge is -2.03. The van der Waals surface area contributed by atoms with Gasteiger partial charge in [-0.15, -0.1) is 11.3 Å². The van der Waals surface area contributed by atoms with Crippen LogP contribution in [0.1, 0.15) is 23.2 Å². The maximum absolute atomic E-state index is 6.36. The molecule has 3 heteroatoms. The SMILES string of the molecule is Cc1ccc(-c2cc3nc4c(c(N)c3s2)CCC4)cc1. The van der Waals surface area contributed by atoms with Gasteiger partial charge in [0.1, 0.15) is 0 Å². The predicted octanol–water partition coefficient (Wildman–Crippen LogP) is 4.34. The summed E-state index contributed by atoms with van der Waals surface area (Å²) in [5, 5.41) is 0. The maximum atomic E-state index is 6.36. The van der Waals surface area contributed by atoms with Crippen molar-refractivity contribution in [2.75, 3.05) is 5.73 Å². The first-order chi connectivity index (χ1) is 9.72. The van der Waals surface area contributed by atoms with Gasteiger partial charge >= 0.3 is 0 Å². The van der Waals surface area contributed by atoms with Gasteiger partial charge in [-0.05, 0) is 43.4 Å². The standard InChI is InChI=1S/C17H16N2S/c1-10-5-7-11(8-6-10)15-9-14-17(20-15)16(18)12-3-2-4-13(12)19-14/h5-9H,2-4H2,1H3,(H2,18,19). The van der Waals surface area contributed by atoms with E-state index in [9.17, 15) is 0 Å². The van der Waals surface area contributed by atoms with Crippen LogP contribution in [0.25, 0.3) is 20.7 Å². The van der Waals surface area contributed by atoms with Gasteiger partial charge in [0.25, 0.3) is 0 Å². The Kier molecular flexibility index (Phi) is 2.57. The number of aryl methyl sites for hydroxylation is 2. The van der Waals surface area contributed by atoms with E-state index in [0.29, 0.717) is 0 Å². The van der Waals surface area contributed by atoms with E-state index >= 15 is 0 Å². The Balaban J connectivity index is 1.91. The minimum Gasteiger partial charge on any atom is -0.397 e. The molecular formula is C17H16N2S. The molecule has 0 saturated carbocycles. The Hall–Kier alpha value is -1.87. The highest BCUT2D eigenvalue weighted by Crippen LogP contribution is 2.39. The van der Waals surface area contributed by atoms with E-state index in [0.717, 1.165) is 28.7 Å². The molecule has 2 N–H and O–H groups in total. The van der Waals surface area contributed by atoms with Gasteiger partial charge in [0.15, 0.2) is 0 Å². The molecule has 0 fully saturated rings. The molecule has 4 rings (SSSR count). The summed E-state index contributed by atoms with van der Waals surface area (Å²) < 4.78 is 1.15. The highest BCUT2D eigenvalue weighted by Gasteiger charge is 2.19. The van der Waals surface area contributed by atoms with E-state index in [2.05, 4.69) is 37.3 Å². The molecule has 0 aliphatic heterocycles. The van der Waals surface area contributed by atoms with Crippen molar-refractivity contribution in [2.45, 2.75) is 26.2 Å². The third-order valence-corrected chi connectivity index (χ3v) is 5.27. The summed E-state index contributed by atoms with van der Waals surface area (Å²) in [5.74, 6) is 0. The number of rotatable bonds is 1. The lowest BCUT2D eigenvalue weighted by Crippen LogP contribution is -1.96. The van der Waals surface area contributed by atoms with Gasteiger partial charge in [0.05, 0.1) is 15.9 Å². The average molecular weight is 280 g/mol. The van der Waals surface area contributed by atoms with Crippen LogP contribution in [-0.2, 0) is 12.8 Å². The second-order valence-electron chi connectivity index (χ2n) is 5.50. The van der Waals surface area contributed by atoms with Crippen LogP contribution in [0.4, 0.5) is 5.69 Å². The van der Waals surface area contributed by atoms with Gasteiger partial charge < -0.3 is 5.73 Å². The molecule has 1 aliphatic carbocycles.